The molecule has 2 rings (SSSR count). The molecule has 82 valence electrons. The molecule has 0 fully saturated rings. The van der Waals surface area contributed by atoms with E-state index < -0.39 is 5.97 Å². The van der Waals surface area contributed by atoms with Crippen LogP contribution in [0.3, 0.4) is 0 Å². The van der Waals surface area contributed by atoms with Crippen molar-refractivity contribution in [3.8, 4) is 0 Å². The lowest BCUT2D eigenvalue weighted by Crippen LogP contribution is -2.06. The molecule has 5 heteroatoms. The van der Waals surface area contributed by atoms with Crippen molar-refractivity contribution in [2.75, 3.05) is 0 Å². The Hall–Kier alpha value is -1.39. The van der Waals surface area contributed by atoms with Gasteiger partial charge in [-0.3, -0.25) is 0 Å². The molecule has 16 heavy (non-hydrogen) atoms. The molecule has 0 bridgehead atoms. The Bertz CT molecular complexity index is 484. The third kappa shape index (κ3) is 2.81. The van der Waals surface area contributed by atoms with Crippen molar-refractivity contribution in [1.82, 2.24) is 4.98 Å². The van der Waals surface area contributed by atoms with Gasteiger partial charge >= 0.3 is 5.97 Å². The van der Waals surface area contributed by atoms with Crippen molar-refractivity contribution in [1.29, 1.82) is 0 Å². The summed E-state index contributed by atoms with van der Waals surface area (Å²) < 4.78 is 5.76. The molecule has 0 aromatic carbocycles. The van der Waals surface area contributed by atoms with Gasteiger partial charge in [0.1, 0.15) is 12.3 Å². The standard InChI is InChI=1S/C11H8ClNO2S/c12-10-5-4-8(16-10)7-15-11(14)9-3-1-2-6-13-9/h1-6H,7H2. The fourth-order valence-corrected chi connectivity index (χ4v) is 2.12. The Morgan fingerprint density at radius 1 is 1.38 bits per heavy atom. The molecule has 3 nitrogen and oxygen atoms in total. The smallest absolute Gasteiger partial charge is 0.357 e. The number of halogens is 1. The van der Waals surface area contributed by atoms with Crippen molar-refractivity contribution in [3.63, 3.8) is 0 Å². The molecule has 0 unspecified atom stereocenters. The van der Waals surface area contributed by atoms with Crippen LogP contribution in [0.15, 0.2) is 36.5 Å². The predicted octanol–water partition coefficient (Wildman–Crippen LogP) is 3.15. The van der Waals surface area contributed by atoms with Crippen LogP contribution in [0.25, 0.3) is 0 Å². The average Bonchev–Trinajstić information content (AvgIpc) is 2.73. The molecule has 0 spiro atoms. The third-order valence-electron chi connectivity index (χ3n) is 1.85. The molecule has 0 saturated heterocycles. The first-order chi connectivity index (χ1) is 7.75. The molecule has 0 atom stereocenters. The second kappa shape index (κ2) is 5.09. The van der Waals surface area contributed by atoms with Gasteiger partial charge in [-0.1, -0.05) is 17.7 Å². The summed E-state index contributed by atoms with van der Waals surface area (Å²) in [7, 11) is 0. The van der Waals surface area contributed by atoms with Crippen molar-refractivity contribution in [2.45, 2.75) is 6.61 Å². The molecule has 0 aliphatic heterocycles. The van der Waals surface area contributed by atoms with Crippen LogP contribution in [-0.2, 0) is 11.3 Å². The summed E-state index contributed by atoms with van der Waals surface area (Å²) in [5.41, 5.74) is 0.310. The highest BCUT2D eigenvalue weighted by Gasteiger charge is 2.08. The van der Waals surface area contributed by atoms with E-state index in [0.717, 1.165) is 4.88 Å². The molecule has 0 radical (unpaired) electrons. The van der Waals surface area contributed by atoms with E-state index in [1.54, 1.807) is 30.5 Å². The predicted molar refractivity (Wildman–Crippen MR) is 62.7 cm³/mol. The number of carbonyl (C=O) groups excluding carboxylic acids is 1. The molecular weight excluding hydrogens is 246 g/mol. The Morgan fingerprint density at radius 2 is 2.25 bits per heavy atom. The van der Waals surface area contributed by atoms with Gasteiger partial charge in [0.2, 0.25) is 0 Å². The second-order valence-electron chi connectivity index (χ2n) is 3.00. The SMILES string of the molecule is O=C(OCc1ccc(Cl)s1)c1ccccn1. The zero-order valence-corrected chi connectivity index (χ0v) is 9.79. The summed E-state index contributed by atoms with van der Waals surface area (Å²) in [6.07, 6.45) is 1.55. The monoisotopic (exact) mass is 253 g/mol. The summed E-state index contributed by atoms with van der Waals surface area (Å²) in [5, 5.41) is 0. The Labute approximate surface area is 102 Å². The van der Waals surface area contributed by atoms with Crippen LogP contribution in [-0.4, -0.2) is 11.0 Å². The molecule has 2 aromatic rings. The van der Waals surface area contributed by atoms with E-state index in [0.29, 0.717) is 10.0 Å². The van der Waals surface area contributed by atoms with Gasteiger partial charge in [0.05, 0.1) is 4.34 Å². The fourth-order valence-electron chi connectivity index (χ4n) is 1.12. The Kier molecular flexibility index (Phi) is 3.54. The Morgan fingerprint density at radius 3 is 2.88 bits per heavy atom. The van der Waals surface area contributed by atoms with Gasteiger partial charge in [0.25, 0.3) is 0 Å². The number of pyridine rings is 1. The van der Waals surface area contributed by atoms with Crippen molar-refractivity contribution < 1.29 is 9.53 Å². The zero-order chi connectivity index (χ0) is 11.4. The zero-order valence-electron chi connectivity index (χ0n) is 8.22. The van der Waals surface area contributed by atoms with Gasteiger partial charge in [-0.05, 0) is 24.3 Å². The van der Waals surface area contributed by atoms with Gasteiger partial charge in [-0.15, -0.1) is 11.3 Å². The van der Waals surface area contributed by atoms with Crippen LogP contribution >= 0.6 is 22.9 Å². The van der Waals surface area contributed by atoms with E-state index in [2.05, 4.69) is 4.98 Å². The van der Waals surface area contributed by atoms with Crippen LogP contribution in [0.1, 0.15) is 15.4 Å². The topological polar surface area (TPSA) is 39.2 Å². The first-order valence-electron chi connectivity index (χ1n) is 4.58. The van der Waals surface area contributed by atoms with Crippen LogP contribution in [0.2, 0.25) is 4.34 Å². The number of esters is 1. The highest BCUT2D eigenvalue weighted by molar-refractivity contribution is 7.16. The molecular formula is C11H8ClNO2S. The lowest BCUT2D eigenvalue weighted by molar-refractivity contribution is 0.0470. The molecule has 0 saturated carbocycles. The first kappa shape index (κ1) is 11.1. The van der Waals surface area contributed by atoms with Crippen molar-refractivity contribution in [2.24, 2.45) is 0 Å². The highest BCUT2D eigenvalue weighted by Crippen LogP contribution is 2.22. The molecule has 2 aromatic heterocycles. The van der Waals surface area contributed by atoms with Crippen LogP contribution < -0.4 is 0 Å². The number of nitrogens with zero attached hydrogens (tertiary/aromatic N) is 1. The van der Waals surface area contributed by atoms with Crippen LogP contribution in [0.4, 0.5) is 0 Å². The number of ether oxygens (including phenoxy) is 1. The average molecular weight is 254 g/mol. The normalized spacial score (nSPS) is 10.1. The molecule has 2 heterocycles. The number of hydrogen-bond acceptors (Lipinski definition) is 4. The number of hydrogen-bond donors (Lipinski definition) is 0. The maximum atomic E-state index is 11.5. The van der Waals surface area contributed by atoms with E-state index in [9.17, 15) is 4.79 Å². The van der Waals surface area contributed by atoms with Gasteiger partial charge < -0.3 is 4.74 Å². The van der Waals surface area contributed by atoms with Gasteiger partial charge in [-0.25, -0.2) is 9.78 Å². The number of thiophene rings is 1. The van der Waals surface area contributed by atoms with E-state index in [1.807, 2.05) is 6.07 Å². The number of rotatable bonds is 3. The van der Waals surface area contributed by atoms with Gasteiger partial charge in [-0.2, -0.15) is 0 Å². The Balaban J connectivity index is 1.94. The van der Waals surface area contributed by atoms with E-state index >= 15 is 0 Å². The minimum absolute atomic E-state index is 0.229. The summed E-state index contributed by atoms with van der Waals surface area (Å²) in [6, 6.07) is 8.71. The summed E-state index contributed by atoms with van der Waals surface area (Å²) in [5.74, 6) is -0.426. The third-order valence-corrected chi connectivity index (χ3v) is 3.05. The molecule has 0 N–H and O–H groups in total. The molecule has 0 amide bonds. The minimum atomic E-state index is -0.426. The minimum Gasteiger partial charge on any atom is -0.455 e. The summed E-state index contributed by atoms with van der Waals surface area (Å²) in [6.45, 7) is 0.229. The molecule has 0 aliphatic rings. The second-order valence-corrected chi connectivity index (χ2v) is 4.80. The van der Waals surface area contributed by atoms with Crippen molar-refractivity contribution in [3.05, 3.63) is 51.4 Å². The lowest BCUT2D eigenvalue weighted by Gasteiger charge is -2.01. The maximum absolute atomic E-state index is 11.5. The van der Waals surface area contributed by atoms with E-state index in [4.69, 9.17) is 16.3 Å². The fraction of sp³-hybridized carbons (Fsp3) is 0.0909. The number of aromatic nitrogens is 1. The highest BCUT2D eigenvalue weighted by atomic mass is 35.5. The summed E-state index contributed by atoms with van der Waals surface area (Å²) in [4.78, 5) is 16.3. The van der Waals surface area contributed by atoms with E-state index in [-0.39, 0.29) is 6.61 Å². The van der Waals surface area contributed by atoms with Crippen LogP contribution in [0, 0.1) is 0 Å². The van der Waals surface area contributed by atoms with Crippen LogP contribution in [0.5, 0.6) is 0 Å². The molecule has 0 aliphatic carbocycles. The van der Waals surface area contributed by atoms with Crippen molar-refractivity contribution >= 4 is 28.9 Å². The number of carbonyl (C=O) groups is 1. The van der Waals surface area contributed by atoms with Gasteiger partial charge in [0.15, 0.2) is 0 Å². The quantitative estimate of drug-likeness (QED) is 0.789. The largest absolute Gasteiger partial charge is 0.455 e. The lowest BCUT2D eigenvalue weighted by atomic mass is 10.3. The van der Waals surface area contributed by atoms with Gasteiger partial charge in [0, 0.05) is 11.1 Å². The van der Waals surface area contributed by atoms with E-state index in [1.165, 1.54) is 11.3 Å². The maximum Gasteiger partial charge on any atom is 0.357 e. The first-order valence-corrected chi connectivity index (χ1v) is 5.77. The summed E-state index contributed by atoms with van der Waals surface area (Å²) >= 11 is 7.15.